The molecule has 2 aromatic rings. The lowest BCUT2D eigenvalue weighted by molar-refractivity contribution is 0.0701. The summed E-state index contributed by atoms with van der Waals surface area (Å²) in [4.78, 5) is 42.3. The van der Waals surface area contributed by atoms with Crippen molar-refractivity contribution in [1.82, 2.24) is 30.4 Å². The number of halogens is 3. The maximum absolute atomic E-state index is 15.2. The summed E-state index contributed by atoms with van der Waals surface area (Å²) >= 11 is 13.1. The highest BCUT2D eigenvalue weighted by atomic mass is 35.5. The molecule has 4 rings (SSSR count). The van der Waals surface area contributed by atoms with Crippen molar-refractivity contribution in [3.63, 3.8) is 0 Å². The monoisotopic (exact) mass is 586 g/mol. The first-order chi connectivity index (χ1) is 17.9. The average molecular weight is 588 g/mol. The van der Waals surface area contributed by atoms with Crippen LogP contribution in [0.3, 0.4) is 0 Å². The predicted molar refractivity (Wildman–Crippen MR) is 147 cm³/mol. The highest BCUT2D eigenvalue weighted by Crippen LogP contribution is 2.32. The van der Waals surface area contributed by atoms with Gasteiger partial charge >= 0.3 is 5.97 Å². The summed E-state index contributed by atoms with van der Waals surface area (Å²) in [5.41, 5.74) is 1.28. The lowest BCUT2D eigenvalue weighted by Gasteiger charge is -2.34. The van der Waals surface area contributed by atoms with Crippen LogP contribution in [0.5, 0.6) is 0 Å². The van der Waals surface area contributed by atoms with E-state index in [1.54, 1.807) is 17.9 Å². The number of hydrogen-bond acceptors (Lipinski definition) is 9. The molecule has 0 spiro atoms. The highest BCUT2D eigenvalue weighted by molar-refractivity contribution is 7.17. The van der Waals surface area contributed by atoms with E-state index in [9.17, 15) is 14.7 Å². The third-order valence-electron chi connectivity index (χ3n) is 6.24. The molecule has 1 saturated heterocycles. The van der Waals surface area contributed by atoms with Gasteiger partial charge in [0, 0.05) is 32.4 Å². The predicted octanol–water partition coefficient (Wildman–Crippen LogP) is 2.77. The molecule has 0 radical (unpaired) electrons. The van der Waals surface area contributed by atoms with Crippen LogP contribution in [0.1, 0.15) is 38.0 Å². The minimum absolute atomic E-state index is 0.0204. The van der Waals surface area contributed by atoms with Gasteiger partial charge in [-0.15, -0.1) is 0 Å². The van der Waals surface area contributed by atoms with Crippen LogP contribution in [0.25, 0.3) is 0 Å². The Labute approximate surface area is 233 Å². The Morgan fingerprint density at radius 1 is 1.26 bits per heavy atom. The molecule has 0 aromatic carbocycles. The number of carboxylic acids is 1. The van der Waals surface area contributed by atoms with Crippen molar-refractivity contribution in [2.75, 3.05) is 46.2 Å². The number of carbonyl (C=O) groups is 2. The minimum atomic E-state index is -1.42. The summed E-state index contributed by atoms with van der Waals surface area (Å²) in [6.07, 6.45) is 0.187. The second kappa shape index (κ2) is 11.1. The number of aryl methyl sites for hydroxylation is 1. The molecule has 2 aliphatic heterocycles. The van der Waals surface area contributed by atoms with E-state index in [4.69, 9.17) is 23.2 Å². The molecule has 15 heteroatoms. The number of amides is 1. The zero-order valence-electron chi connectivity index (χ0n) is 21.5. The summed E-state index contributed by atoms with van der Waals surface area (Å²) in [7, 11) is 7.43. The first-order valence-electron chi connectivity index (χ1n) is 11.7. The van der Waals surface area contributed by atoms with Gasteiger partial charge in [0.1, 0.15) is 28.3 Å². The average Bonchev–Trinajstić information content (AvgIpc) is 3.43. The Kier molecular flexibility index (Phi) is 8.21. The van der Waals surface area contributed by atoms with E-state index in [0.29, 0.717) is 23.1 Å². The number of hydrogen-bond donors (Lipinski definition) is 4. The zero-order valence-corrected chi connectivity index (χ0v) is 23.8. The third kappa shape index (κ3) is 5.60. The lowest BCUT2D eigenvalue weighted by Crippen LogP contribution is -2.52. The number of nitrogens with one attached hydrogen (secondary N) is 3. The van der Waals surface area contributed by atoms with Crippen LogP contribution in [0.15, 0.2) is 16.9 Å². The number of alkyl halides is 1. The van der Waals surface area contributed by atoms with Crippen molar-refractivity contribution < 1.29 is 19.1 Å². The molecule has 0 aliphatic carbocycles. The molecule has 3 atom stereocenters. The normalized spacial score (nSPS) is 21.6. The van der Waals surface area contributed by atoms with Crippen molar-refractivity contribution >= 4 is 57.3 Å². The van der Waals surface area contributed by atoms with Gasteiger partial charge in [0.2, 0.25) is 0 Å². The number of allylic oxidation sites excluding steroid dienone is 1. The van der Waals surface area contributed by atoms with E-state index in [2.05, 4.69) is 25.6 Å². The largest absolute Gasteiger partial charge is 0.477 e. The number of rotatable bonds is 7. The number of H-pyrrole nitrogens is 1. The Bertz CT molecular complexity index is 1310. The standard InChI is InChI=1S/C23H29Cl2FN8O3S/c1-10-15(24)16(25)18(27-10)20(35)28-12-6-7-34(9-11(12)26)23-31-17(19(38-23)21(36)37)13-8-14(32(2)3)30-22(29-13)33(4)5/h8,11-12,22,27,30H,6-7,9H2,1-5H3,(H,28,35)(H,36,37)/t11-,12+,22?/m0/s1. The van der Waals surface area contributed by atoms with Gasteiger partial charge in [-0.05, 0) is 27.4 Å². The molecular weight excluding hydrogens is 558 g/mol. The fraction of sp³-hybridized carbons (Fsp3) is 0.478. The fourth-order valence-corrected chi connectivity index (χ4v) is 5.47. The molecule has 11 nitrogen and oxygen atoms in total. The van der Waals surface area contributed by atoms with Gasteiger partial charge in [-0.3, -0.25) is 9.69 Å². The number of carboxylic acid groups (broad SMARTS) is 1. The molecule has 38 heavy (non-hydrogen) atoms. The lowest BCUT2D eigenvalue weighted by atomic mass is 10.0. The van der Waals surface area contributed by atoms with Crippen molar-refractivity contribution in [2.24, 2.45) is 4.99 Å². The summed E-state index contributed by atoms with van der Waals surface area (Å²) in [6.45, 7) is 1.98. The van der Waals surface area contributed by atoms with Crippen LogP contribution in [-0.4, -0.2) is 102 Å². The summed E-state index contributed by atoms with van der Waals surface area (Å²) in [5, 5.41) is 16.6. The molecule has 206 valence electrons. The summed E-state index contributed by atoms with van der Waals surface area (Å²) in [6, 6.07) is -0.754. The Hall–Kier alpha value is -2.87. The number of aliphatic imine (C=N–C) groups is 1. The van der Waals surface area contributed by atoms with Gasteiger partial charge in [-0.2, -0.15) is 0 Å². The van der Waals surface area contributed by atoms with Crippen molar-refractivity contribution in [2.45, 2.75) is 31.8 Å². The number of aromatic carboxylic acids is 1. The summed E-state index contributed by atoms with van der Waals surface area (Å²) < 4.78 is 15.2. The van der Waals surface area contributed by atoms with E-state index < -0.39 is 30.4 Å². The van der Waals surface area contributed by atoms with Crippen LogP contribution < -0.4 is 15.5 Å². The molecule has 2 aromatic heterocycles. The minimum Gasteiger partial charge on any atom is -0.477 e. The fourth-order valence-electron chi connectivity index (χ4n) is 4.11. The molecule has 1 amide bonds. The van der Waals surface area contributed by atoms with Crippen molar-refractivity contribution in [3.05, 3.63) is 43.9 Å². The molecule has 4 N–H and O–H groups in total. The van der Waals surface area contributed by atoms with Gasteiger partial charge in [0.25, 0.3) is 5.91 Å². The molecule has 4 heterocycles. The number of nitrogens with zero attached hydrogens (tertiary/aromatic N) is 5. The highest BCUT2D eigenvalue weighted by Gasteiger charge is 2.34. The molecule has 2 aliphatic rings. The number of carbonyl (C=O) groups excluding carboxylic acids is 1. The summed E-state index contributed by atoms with van der Waals surface area (Å²) in [5.74, 6) is -0.931. The number of piperidine rings is 1. The second-order valence-electron chi connectivity index (χ2n) is 9.48. The number of thiazole rings is 1. The van der Waals surface area contributed by atoms with Gasteiger partial charge in [0.15, 0.2) is 11.4 Å². The van der Waals surface area contributed by atoms with Crippen LogP contribution in [0.4, 0.5) is 9.52 Å². The number of anilines is 1. The molecule has 1 fully saturated rings. The zero-order chi connectivity index (χ0) is 27.9. The molecule has 0 saturated carbocycles. The Morgan fingerprint density at radius 2 is 1.97 bits per heavy atom. The second-order valence-corrected chi connectivity index (χ2v) is 11.2. The van der Waals surface area contributed by atoms with Gasteiger partial charge < -0.3 is 30.5 Å². The number of aromatic nitrogens is 2. The van der Waals surface area contributed by atoms with E-state index >= 15 is 4.39 Å². The van der Waals surface area contributed by atoms with Gasteiger partial charge in [-0.1, -0.05) is 34.5 Å². The molecule has 0 bridgehead atoms. The third-order valence-corrected chi connectivity index (χ3v) is 8.30. The first-order valence-corrected chi connectivity index (χ1v) is 13.3. The van der Waals surface area contributed by atoms with E-state index in [1.165, 1.54) is 0 Å². The van der Waals surface area contributed by atoms with Crippen LogP contribution in [0.2, 0.25) is 10.0 Å². The quantitative estimate of drug-likeness (QED) is 0.390. The molecular formula is C23H29Cl2FN8O3S. The van der Waals surface area contributed by atoms with Crippen LogP contribution >= 0.6 is 34.5 Å². The topological polar surface area (TPSA) is 129 Å². The van der Waals surface area contributed by atoms with Gasteiger partial charge in [0.05, 0.1) is 28.3 Å². The maximum atomic E-state index is 15.2. The van der Waals surface area contributed by atoms with Crippen LogP contribution in [-0.2, 0) is 0 Å². The number of aromatic amines is 1. The van der Waals surface area contributed by atoms with E-state index in [1.807, 2.05) is 38.0 Å². The maximum Gasteiger partial charge on any atom is 0.348 e. The van der Waals surface area contributed by atoms with Crippen LogP contribution in [0, 0.1) is 6.92 Å². The first kappa shape index (κ1) is 28.1. The van der Waals surface area contributed by atoms with Crippen molar-refractivity contribution in [3.8, 4) is 0 Å². The van der Waals surface area contributed by atoms with E-state index in [-0.39, 0.29) is 39.3 Å². The van der Waals surface area contributed by atoms with E-state index in [0.717, 1.165) is 17.2 Å². The van der Waals surface area contributed by atoms with Gasteiger partial charge in [-0.25, -0.2) is 19.2 Å². The molecule has 1 unspecified atom stereocenters. The Balaban J connectivity index is 1.54. The van der Waals surface area contributed by atoms with Crippen molar-refractivity contribution in [1.29, 1.82) is 0 Å². The Morgan fingerprint density at radius 3 is 2.53 bits per heavy atom. The SMILES string of the molecule is Cc1[nH]c(C(=O)N[C@@H]2CCN(c3nc(C4=NC(N(C)C)NC(N(C)C)=C4)c(C(=O)O)s3)C[C@@H]2F)c(Cl)c1Cl. The smallest absolute Gasteiger partial charge is 0.348 e.